The zero-order chi connectivity index (χ0) is 20.2. The molecule has 0 atom stereocenters. The molecule has 4 nitrogen and oxygen atoms in total. The molecule has 28 heavy (non-hydrogen) atoms. The Balaban J connectivity index is 1.83. The normalized spacial score (nSPS) is 9.93. The number of esters is 2. The first kappa shape index (κ1) is 21.2. The van der Waals surface area contributed by atoms with E-state index in [1.54, 1.807) is 24.3 Å². The first-order valence-corrected chi connectivity index (χ1v) is 9.74. The van der Waals surface area contributed by atoms with Gasteiger partial charge in [0.25, 0.3) is 0 Å². The van der Waals surface area contributed by atoms with E-state index in [0.717, 1.165) is 38.5 Å². The molecule has 0 heterocycles. The Kier molecular flexibility index (Phi) is 8.81. The Bertz CT molecular complexity index is 754. The maximum Gasteiger partial charge on any atom is 0.390 e. The van der Waals surface area contributed by atoms with E-state index in [4.69, 9.17) is 9.47 Å². The molecule has 0 aliphatic heterocycles. The lowest BCUT2D eigenvalue weighted by Crippen LogP contribution is -2.08. The lowest BCUT2D eigenvalue weighted by Gasteiger charge is -2.03. The van der Waals surface area contributed by atoms with Crippen LogP contribution in [0.15, 0.2) is 48.5 Å². The van der Waals surface area contributed by atoms with Crippen LogP contribution in [-0.4, -0.2) is 11.9 Å². The van der Waals surface area contributed by atoms with Crippen LogP contribution in [-0.2, 0) is 22.4 Å². The molecule has 0 saturated heterocycles. The molecule has 0 spiro atoms. The van der Waals surface area contributed by atoms with Gasteiger partial charge in [0, 0.05) is 11.8 Å². The van der Waals surface area contributed by atoms with E-state index < -0.39 is 11.9 Å². The third kappa shape index (κ3) is 7.67. The summed E-state index contributed by atoms with van der Waals surface area (Å²) < 4.78 is 10.2. The van der Waals surface area contributed by atoms with Crippen LogP contribution in [0.3, 0.4) is 0 Å². The molecule has 0 bridgehead atoms. The number of carbonyl (C=O) groups excluding carboxylic acids is 2. The first-order valence-electron chi connectivity index (χ1n) is 9.74. The number of aryl methyl sites for hydroxylation is 2. The van der Waals surface area contributed by atoms with Crippen LogP contribution >= 0.6 is 0 Å². The van der Waals surface area contributed by atoms with Crippen LogP contribution in [0.5, 0.6) is 11.5 Å². The van der Waals surface area contributed by atoms with Gasteiger partial charge in [-0.15, -0.1) is 0 Å². The van der Waals surface area contributed by atoms with Crippen molar-refractivity contribution in [3.63, 3.8) is 0 Å². The highest BCUT2D eigenvalue weighted by molar-refractivity contribution is 5.99. The molecule has 2 aromatic rings. The van der Waals surface area contributed by atoms with E-state index in [2.05, 4.69) is 25.7 Å². The van der Waals surface area contributed by atoms with Crippen molar-refractivity contribution in [2.24, 2.45) is 0 Å². The summed E-state index contributed by atoms with van der Waals surface area (Å²) >= 11 is 0. The highest BCUT2D eigenvalue weighted by atomic mass is 16.5. The second-order valence-electron chi connectivity index (χ2n) is 6.52. The standard InChI is InChI=1S/C24H26O4/c1-3-5-7-19-9-13-21(14-10-19)27-23(25)17-18-24(26)28-22-15-11-20(12-16-22)8-6-4-2/h9-16H,3-8H2,1-2H3. The monoisotopic (exact) mass is 378 g/mol. The van der Waals surface area contributed by atoms with Gasteiger partial charge >= 0.3 is 11.9 Å². The Labute approximate surface area is 166 Å². The van der Waals surface area contributed by atoms with E-state index in [1.807, 2.05) is 24.3 Å². The summed E-state index contributed by atoms with van der Waals surface area (Å²) in [4.78, 5) is 23.5. The fourth-order valence-electron chi connectivity index (χ4n) is 2.58. The van der Waals surface area contributed by atoms with Crippen molar-refractivity contribution in [1.29, 1.82) is 0 Å². The smallest absolute Gasteiger partial charge is 0.390 e. The fourth-order valence-corrected chi connectivity index (χ4v) is 2.58. The van der Waals surface area contributed by atoms with E-state index >= 15 is 0 Å². The third-order valence-electron chi connectivity index (χ3n) is 4.17. The van der Waals surface area contributed by atoms with Gasteiger partial charge in [-0.1, -0.05) is 51.0 Å². The van der Waals surface area contributed by atoms with Crippen molar-refractivity contribution in [2.75, 3.05) is 0 Å². The summed E-state index contributed by atoms with van der Waals surface area (Å²) in [5.41, 5.74) is 2.38. The van der Waals surface area contributed by atoms with Gasteiger partial charge < -0.3 is 9.47 Å². The largest absolute Gasteiger partial charge is 0.417 e. The Hall–Kier alpha value is -3.06. The highest BCUT2D eigenvalue weighted by Crippen LogP contribution is 2.15. The number of ether oxygens (including phenoxy) is 2. The molecule has 4 heteroatoms. The van der Waals surface area contributed by atoms with E-state index in [-0.39, 0.29) is 0 Å². The highest BCUT2D eigenvalue weighted by Gasteiger charge is 2.04. The number of hydrogen-bond donors (Lipinski definition) is 0. The van der Waals surface area contributed by atoms with E-state index in [1.165, 1.54) is 11.1 Å². The van der Waals surface area contributed by atoms with Crippen LogP contribution in [0.25, 0.3) is 0 Å². The van der Waals surface area contributed by atoms with Crippen molar-refractivity contribution >= 4 is 11.9 Å². The molecule has 0 unspecified atom stereocenters. The summed E-state index contributed by atoms with van der Waals surface area (Å²) in [7, 11) is 0. The molecule has 0 amide bonds. The molecule has 0 aliphatic carbocycles. The zero-order valence-electron chi connectivity index (χ0n) is 16.5. The Morgan fingerprint density at radius 3 is 1.36 bits per heavy atom. The first-order chi connectivity index (χ1) is 13.6. The summed E-state index contributed by atoms with van der Waals surface area (Å²) in [6.45, 7) is 4.28. The Morgan fingerprint density at radius 2 is 1.04 bits per heavy atom. The van der Waals surface area contributed by atoms with Gasteiger partial charge in [-0.05, 0) is 61.1 Å². The molecule has 0 fully saturated rings. The number of unbranched alkanes of at least 4 members (excludes halogenated alkanes) is 2. The quantitative estimate of drug-likeness (QED) is 0.284. The molecule has 2 aromatic carbocycles. The van der Waals surface area contributed by atoms with Crippen LogP contribution in [0.1, 0.15) is 50.7 Å². The Morgan fingerprint density at radius 1 is 0.679 bits per heavy atom. The summed E-state index contributed by atoms with van der Waals surface area (Å²) in [5, 5.41) is 0. The molecule has 0 radical (unpaired) electrons. The number of benzene rings is 2. The number of hydrogen-bond acceptors (Lipinski definition) is 4. The lowest BCUT2D eigenvalue weighted by molar-refractivity contribution is -0.130. The van der Waals surface area contributed by atoms with Gasteiger partial charge in [-0.3, -0.25) is 0 Å². The van der Waals surface area contributed by atoms with Gasteiger partial charge in [-0.25, -0.2) is 9.59 Å². The number of rotatable bonds is 8. The van der Waals surface area contributed by atoms with E-state index in [0.29, 0.717) is 11.5 Å². The molecule has 0 saturated carbocycles. The molecule has 0 aliphatic rings. The molecular weight excluding hydrogens is 352 g/mol. The molecule has 146 valence electrons. The second-order valence-corrected chi connectivity index (χ2v) is 6.52. The maximum absolute atomic E-state index is 11.8. The van der Waals surface area contributed by atoms with Gasteiger partial charge in [0.15, 0.2) is 0 Å². The minimum Gasteiger partial charge on any atom is -0.417 e. The average Bonchev–Trinajstić information content (AvgIpc) is 2.71. The average molecular weight is 378 g/mol. The summed E-state index contributed by atoms with van der Waals surface area (Å²) in [6.07, 6.45) is 6.49. The minimum absolute atomic E-state index is 0.399. The van der Waals surface area contributed by atoms with Gasteiger partial charge in [0.05, 0.1) is 0 Å². The van der Waals surface area contributed by atoms with Crippen LogP contribution in [0, 0.1) is 11.8 Å². The SMILES string of the molecule is CCCCc1ccc(OC(=O)C#CC(=O)Oc2ccc(CCCC)cc2)cc1. The van der Waals surface area contributed by atoms with Gasteiger partial charge in [0.1, 0.15) is 11.5 Å². The molecular formula is C24H26O4. The lowest BCUT2D eigenvalue weighted by atomic mass is 10.1. The predicted octanol–water partition coefficient (Wildman–Crippen LogP) is 4.89. The zero-order valence-corrected chi connectivity index (χ0v) is 16.5. The second kappa shape index (κ2) is 11.6. The summed E-state index contributed by atoms with van der Waals surface area (Å²) in [6, 6.07) is 14.6. The van der Waals surface area contributed by atoms with Crippen LogP contribution in [0.2, 0.25) is 0 Å². The fraction of sp³-hybridized carbons (Fsp3) is 0.333. The molecule has 0 aromatic heterocycles. The summed E-state index contributed by atoms with van der Waals surface area (Å²) in [5.74, 6) is 3.51. The van der Waals surface area contributed by atoms with Crippen molar-refractivity contribution in [2.45, 2.75) is 52.4 Å². The van der Waals surface area contributed by atoms with Crippen molar-refractivity contribution in [1.82, 2.24) is 0 Å². The van der Waals surface area contributed by atoms with E-state index in [9.17, 15) is 9.59 Å². The maximum atomic E-state index is 11.8. The van der Waals surface area contributed by atoms with Crippen LogP contribution in [0.4, 0.5) is 0 Å². The topological polar surface area (TPSA) is 52.6 Å². The van der Waals surface area contributed by atoms with Crippen molar-refractivity contribution in [3.8, 4) is 23.3 Å². The number of carbonyl (C=O) groups is 2. The van der Waals surface area contributed by atoms with Crippen molar-refractivity contribution in [3.05, 3.63) is 59.7 Å². The van der Waals surface area contributed by atoms with Crippen LogP contribution < -0.4 is 9.47 Å². The molecule has 2 rings (SSSR count). The van der Waals surface area contributed by atoms with Crippen molar-refractivity contribution < 1.29 is 19.1 Å². The third-order valence-corrected chi connectivity index (χ3v) is 4.17. The van der Waals surface area contributed by atoms with Gasteiger partial charge in [0.2, 0.25) is 0 Å². The minimum atomic E-state index is -0.798. The molecule has 0 N–H and O–H groups in total. The predicted molar refractivity (Wildman–Crippen MR) is 109 cm³/mol. The van der Waals surface area contributed by atoms with Gasteiger partial charge in [-0.2, -0.15) is 0 Å².